The predicted octanol–water partition coefficient (Wildman–Crippen LogP) is 4.74. The first-order valence-electron chi connectivity index (χ1n) is 7.78. The van der Waals surface area contributed by atoms with Crippen molar-refractivity contribution in [2.24, 2.45) is 0 Å². The molecule has 1 N–H and O–H groups in total. The molecule has 1 amide bonds. The van der Waals surface area contributed by atoms with E-state index in [2.05, 4.69) is 35.1 Å². The first-order chi connectivity index (χ1) is 11.4. The van der Waals surface area contributed by atoms with E-state index in [9.17, 15) is 9.59 Å². The number of hydrogen-bond donors (Lipinski definition) is 1. The summed E-state index contributed by atoms with van der Waals surface area (Å²) in [6.07, 6.45) is 0.0245. The number of benzene rings is 1. The van der Waals surface area contributed by atoms with Gasteiger partial charge in [-0.3, -0.25) is 4.79 Å². The molecule has 1 aromatic heterocycles. The molecule has 0 aliphatic carbocycles. The second kappa shape index (κ2) is 8.15. The van der Waals surface area contributed by atoms with Crippen LogP contribution >= 0.6 is 15.9 Å². The van der Waals surface area contributed by atoms with Gasteiger partial charge in [0.1, 0.15) is 0 Å². The van der Waals surface area contributed by atoms with Crippen LogP contribution in [0.1, 0.15) is 49.2 Å². The monoisotopic (exact) mass is 393 g/mol. The van der Waals surface area contributed by atoms with Crippen molar-refractivity contribution < 1.29 is 18.7 Å². The molecule has 5 nitrogen and oxygen atoms in total. The van der Waals surface area contributed by atoms with E-state index in [-0.39, 0.29) is 11.7 Å². The highest BCUT2D eigenvalue weighted by molar-refractivity contribution is 9.10. The second-order valence-corrected chi connectivity index (χ2v) is 6.32. The Hall–Kier alpha value is -2.08. The van der Waals surface area contributed by atoms with Crippen molar-refractivity contribution in [1.29, 1.82) is 0 Å². The van der Waals surface area contributed by atoms with Crippen molar-refractivity contribution in [3.8, 4) is 0 Å². The number of halogens is 1. The minimum absolute atomic E-state index is 0.0431. The van der Waals surface area contributed by atoms with Gasteiger partial charge in [-0.1, -0.05) is 32.0 Å². The maximum absolute atomic E-state index is 12.3. The summed E-state index contributed by atoms with van der Waals surface area (Å²) >= 11 is 3.11. The first-order valence-corrected chi connectivity index (χ1v) is 8.57. The van der Waals surface area contributed by atoms with Crippen molar-refractivity contribution in [3.05, 3.63) is 52.4 Å². The van der Waals surface area contributed by atoms with Gasteiger partial charge in [0.25, 0.3) is 5.91 Å². The van der Waals surface area contributed by atoms with Gasteiger partial charge in [-0.25, -0.2) is 4.79 Å². The molecule has 2 atom stereocenters. The highest BCUT2D eigenvalue weighted by Gasteiger charge is 2.22. The van der Waals surface area contributed by atoms with E-state index in [4.69, 9.17) is 9.15 Å². The summed E-state index contributed by atoms with van der Waals surface area (Å²) < 4.78 is 10.7. The summed E-state index contributed by atoms with van der Waals surface area (Å²) in [5, 5.41) is 2.83. The van der Waals surface area contributed by atoms with Crippen LogP contribution in [0, 0.1) is 0 Å². The van der Waals surface area contributed by atoms with E-state index in [1.54, 1.807) is 6.07 Å². The predicted molar refractivity (Wildman–Crippen MR) is 95.1 cm³/mol. The van der Waals surface area contributed by atoms with Crippen molar-refractivity contribution in [2.75, 3.05) is 5.32 Å². The third-order valence-electron chi connectivity index (χ3n) is 3.79. The number of para-hydroxylation sites is 1. The molecule has 0 unspecified atom stereocenters. The number of carbonyl (C=O) groups is 2. The molecule has 0 fully saturated rings. The first kappa shape index (κ1) is 18.3. The third-order valence-corrected chi connectivity index (χ3v) is 4.22. The van der Waals surface area contributed by atoms with Crippen LogP contribution in [-0.4, -0.2) is 18.0 Å². The van der Waals surface area contributed by atoms with Crippen LogP contribution in [0.3, 0.4) is 0 Å². The number of esters is 1. The molecule has 2 rings (SSSR count). The highest BCUT2D eigenvalue weighted by Crippen LogP contribution is 2.26. The fourth-order valence-corrected chi connectivity index (χ4v) is 2.50. The summed E-state index contributed by atoms with van der Waals surface area (Å²) in [5.41, 5.74) is 1.79. The van der Waals surface area contributed by atoms with E-state index >= 15 is 0 Å². The van der Waals surface area contributed by atoms with Gasteiger partial charge in [-0.05, 0) is 59.0 Å². The minimum Gasteiger partial charge on any atom is -0.447 e. The molecule has 1 aromatic carbocycles. The molecular formula is C18H20BrNO4. The van der Waals surface area contributed by atoms with Gasteiger partial charge in [0.05, 0.1) is 0 Å². The molecular weight excluding hydrogens is 374 g/mol. The van der Waals surface area contributed by atoms with E-state index < -0.39 is 12.1 Å². The van der Waals surface area contributed by atoms with Gasteiger partial charge >= 0.3 is 5.97 Å². The van der Waals surface area contributed by atoms with Gasteiger partial charge in [-0.2, -0.15) is 0 Å². The van der Waals surface area contributed by atoms with Gasteiger partial charge in [0.2, 0.25) is 5.76 Å². The Bertz CT molecular complexity index is 725. The number of hydrogen-bond acceptors (Lipinski definition) is 4. The third kappa shape index (κ3) is 4.47. The van der Waals surface area contributed by atoms with Gasteiger partial charge in [0, 0.05) is 5.69 Å². The Labute approximate surface area is 149 Å². The average molecular weight is 394 g/mol. The largest absolute Gasteiger partial charge is 0.447 e. The van der Waals surface area contributed by atoms with E-state index in [0.29, 0.717) is 10.6 Å². The zero-order valence-corrected chi connectivity index (χ0v) is 15.4. The molecule has 0 saturated heterocycles. The van der Waals surface area contributed by atoms with Crippen LogP contribution < -0.4 is 5.32 Å². The van der Waals surface area contributed by atoms with E-state index in [1.807, 2.05) is 24.3 Å². The maximum Gasteiger partial charge on any atom is 0.375 e. The molecule has 24 heavy (non-hydrogen) atoms. The fourth-order valence-electron chi connectivity index (χ4n) is 2.19. The number of rotatable bonds is 6. The molecule has 0 radical (unpaired) electrons. The number of anilines is 1. The normalized spacial score (nSPS) is 13.2. The molecule has 2 aromatic rings. The second-order valence-electron chi connectivity index (χ2n) is 5.54. The smallest absolute Gasteiger partial charge is 0.375 e. The molecule has 1 heterocycles. The molecule has 0 saturated carbocycles. The number of ether oxygens (including phenoxy) is 1. The Morgan fingerprint density at radius 1 is 1.21 bits per heavy atom. The Morgan fingerprint density at radius 2 is 1.92 bits per heavy atom. The molecule has 0 spiro atoms. The minimum atomic E-state index is -0.939. The van der Waals surface area contributed by atoms with Crippen molar-refractivity contribution in [1.82, 2.24) is 0 Å². The highest BCUT2D eigenvalue weighted by atomic mass is 79.9. The zero-order valence-electron chi connectivity index (χ0n) is 13.8. The Morgan fingerprint density at radius 3 is 2.54 bits per heavy atom. The lowest BCUT2D eigenvalue weighted by Crippen LogP contribution is -2.30. The Kier molecular flexibility index (Phi) is 6.20. The van der Waals surface area contributed by atoms with Crippen LogP contribution in [-0.2, 0) is 9.53 Å². The molecule has 0 bridgehead atoms. The van der Waals surface area contributed by atoms with Gasteiger partial charge in [-0.15, -0.1) is 0 Å². The van der Waals surface area contributed by atoms with Gasteiger partial charge < -0.3 is 14.5 Å². The van der Waals surface area contributed by atoms with Crippen LogP contribution in [0.25, 0.3) is 0 Å². The van der Waals surface area contributed by atoms with Gasteiger partial charge in [0.15, 0.2) is 10.8 Å². The molecule has 0 aliphatic heterocycles. The quantitative estimate of drug-likeness (QED) is 0.719. The lowest BCUT2D eigenvalue weighted by atomic mass is 9.97. The number of carbonyl (C=O) groups excluding carboxylic acids is 2. The summed E-state index contributed by atoms with van der Waals surface area (Å²) in [6, 6.07) is 10.7. The van der Waals surface area contributed by atoms with Crippen molar-refractivity contribution in [3.63, 3.8) is 0 Å². The maximum atomic E-state index is 12.3. The number of nitrogens with one attached hydrogen (secondary N) is 1. The molecule has 0 aliphatic rings. The van der Waals surface area contributed by atoms with Crippen LogP contribution in [0.5, 0.6) is 0 Å². The fraction of sp³-hybridized carbons (Fsp3) is 0.333. The zero-order chi connectivity index (χ0) is 17.7. The van der Waals surface area contributed by atoms with E-state index in [1.165, 1.54) is 13.0 Å². The summed E-state index contributed by atoms with van der Waals surface area (Å²) in [7, 11) is 0. The van der Waals surface area contributed by atoms with Crippen molar-refractivity contribution >= 4 is 33.5 Å². The summed E-state index contributed by atoms with van der Waals surface area (Å²) in [6.45, 7) is 5.72. The van der Waals surface area contributed by atoms with Crippen LogP contribution in [0.15, 0.2) is 45.5 Å². The SMILES string of the molecule is CC[C@H](C)c1ccccc1NC(=O)[C@@H](C)OC(=O)c1ccc(Br)o1. The topological polar surface area (TPSA) is 68.5 Å². The van der Waals surface area contributed by atoms with Crippen LogP contribution in [0.4, 0.5) is 5.69 Å². The molecule has 128 valence electrons. The molecule has 6 heteroatoms. The standard InChI is InChI=1S/C18H20BrNO4/c1-4-11(2)13-7-5-6-8-14(13)20-17(21)12(3)23-18(22)15-9-10-16(19)24-15/h5-12H,4H2,1-3H3,(H,20,21)/t11-,12+/m0/s1. The lowest BCUT2D eigenvalue weighted by molar-refractivity contribution is -0.123. The number of furan rings is 1. The Balaban J connectivity index is 2.03. The lowest BCUT2D eigenvalue weighted by Gasteiger charge is -2.17. The number of amides is 1. The average Bonchev–Trinajstić information content (AvgIpc) is 3.01. The van der Waals surface area contributed by atoms with Crippen LogP contribution in [0.2, 0.25) is 0 Å². The summed E-state index contributed by atoms with van der Waals surface area (Å²) in [5.74, 6) is -0.704. The van der Waals surface area contributed by atoms with Crippen molar-refractivity contribution in [2.45, 2.75) is 39.2 Å². The summed E-state index contributed by atoms with van der Waals surface area (Å²) in [4.78, 5) is 24.2. The van der Waals surface area contributed by atoms with E-state index in [0.717, 1.165) is 17.7 Å².